The zero-order valence-corrected chi connectivity index (χ0v) is 18.5. The molecule has 4 aliphatic rings. The van der Waals surface area contributed by atoms with Crippen LogP contribution in [0.25, 0.3) is 5.57 Å². The first-order valence-electron chi connectivity index (χ1n) is 10.7. The van der Waals surface area contributed by atoms with Crippen molar-refractivity contribution in [2.24, 2.45) is 0 Å². The normalized spacial score (nSPS) is 27.7. The third-order valence-corrected chi connectivity index (χ3v) is 8.91. The molecule has 162 valence electrons. The van der Waals surface area contributed by atoms with Crippen LogP contribution in [-0.2, 0) is 10.8 Å². The van der Waals surface area contributed by atoms with E-state index in [1.54, 1.807) is 12.4 Å². The summed E-state index contributed by atoms with van der Waals surface area (Å²) >= 11 is 5.90. The Balaban J connectivity index is 1.31. The second kappa shape index (κ2) is 7.21. The van der Waals surface area contributed by atoms with Gasteiger partial charge in [-0.05, 0) is 37.7 Å². The summed E-state index contributed by atoms with van der Waals surface area (Å²) in [4.78, 5) is 21.2. The van der Waals surface area contributed by atoms with E-state index in [0.717, 1.165) is 54.8 Å². The molecule has 6 rings (SSSR count). The molecule has 0 saturated heterocycles. The van der Waals surface area contributed by atoms with Gasteiger partial charge in [0.05, 0.1) is 33.7 Å². The predicted molar refractivity (Wildman–Crippen MR) is 119 cm³/mol. The molecule has 8 nitrogen and oxygen atoms in total. The summed E-state index contributed by atoms with van der Waals surface area (Å²) in [5.74, 6) is 2.29. The van der Waals surface area contributed by atoms with Crippen LogP contribution in [0.3, 0.4) is 0 Å². The molecule has 0 amide bonds. The van der Waals surface area contributed by atoms with E-state index >= 15 is 0 Å². The quantitative estimate of drug-likeness (QED) is 0.704. The van der Waals surface area contributed by atoms with E-state index in [-0.39, 0.29) is 23.3 Å². The van der Waals surface area contributed by atoms with Gasteiger partial charge in [0, 0.05) is 36.7 Å². The number of nitrogens with zero attached hydrogens (tertiary/aromatic N) is 5. The molecule has 2 saturated carbocycles. The number of halogens is 1. The van der Waals surface area contributed by atoms with Crippen molar-refractivity contribution >= 4 is 39.7 Å². The van der Waals surface area contributed by atoms with Gasteiger partial charge in [-0.1, -0.05) is 17.7 Å². The van der Waals surface area contributed by atoms with Crippen molar-refractivity contribution < 1.29 is 9.32 Å². The first-order valence-corrected chi connectivity index (χ1v) is 12.3. The molecule has 10 heteroatoms. The summed E-state index contributed by atoms with van der Waals surface area (Å²) in [5.41, 5.74) is 1.67. The number of anilines is 2. The third kappa shape index (κ3) is 3.25. The Hall–Kier alpha value is -2.10. The smallest absolute Gasteiger partial charge is 0.227 e. The first-order chi connectivity index (χ1) is 15.1. The highest BCUT2D eigenvalue weighted by molar-refractivity contribution is 7.86. The average Bonchev–Trinajstić information content (AvgIpc) is 3.52. The Bertz CT molecular complexity index is 1100. The minimum absolute atomic E-state index is 0.0531. The van der Waals surface area contributed by atoms with Crippen molar-refractivity contribution in [3.8, 4) is 0 Å². The van der Waals surface area contributed by atoms with E-state index in [1.165, 1.54) is 0 Å². The molecule has 3 atom stereocenters. The van der Waals surface area contributed by atoms with E-state index in [2.05, 4.69) is 26.3 Å². The van der Waals surface area contributed by atoms with E-state index in [1.807, 2.05) is 0 Å². The lowest BCUT2D eigenvalue weighted by Crippen LogP contribution is -2.49. The van der Waals surface area contributed by atoms with Gasteiger partial charge in [-0.15, -0.1) is 0 Å². The van der Waals surface area contributed by atoms with E-state index in [0.29, 0.717) is 29.2 Å². The second-order valence-electron chi connectivity index (χ2n) is 8.83. The van der Waals surface area contributed by atoms with E-state index in [4.69, 9.17) is 21.6 Å². The van der Waals surface area contributed by atoms with Crippen molar-refractivity contribution in [2.75, 3.05) is 29.9 Å². The van der Waals surface area contributed by atoms with Crippen molar-refractivity contribution in [1.29, 1.82) is 0 Å². The Kier molecular flexibility index (Phi) is 4.56. The molecule has 0 aromatic carbocycles. The summed E-state index contributed by atoms with van der Waals surface area (Å²) in [5, 5.41) is 14.1. The Morgan fingerprint density at radius 3 is 2.74 bits per heavy atom. The molecular weight excluding hydrogens is 436 g/mol. The maximum atomic E-state index is 12.9. The van der Waals surface area contributed by atoms with Crippen LogP contribution < -0.4 is 10.2 Å². The molecule has 2 fully saturated rings. The molecule has 2 aromatic heterocycles. The van der Waals surface area contributed by atoms with Gasteiger partial charge in [0.2, 0.25) is 5.95 Å². The van der Waals surface area contributed by atoms with Gasteiger partial charge in [-0.2, -0.15) is 4.98 Å². The molecule has 31 heavy (non-hydrogen) atoms. The maximum Gasteiger partial charge on any atom is 0.227 e. The second-order valence-corrected chi connectivity index (χ2v) is 10.9. The molecule has 2 aliphatic heterocycles. The van der Waals surface area contributed by atoms with Crippen molar-refractivity contribution in [3.05, 3.63) is 35.0 Å². The zero-order valence-electron chi connectivity index (χ0n) is 16.9. The Morgan fingerprint density at radius 2 is 2.10 bits per heavy atom. The van der Waals surface area contributed by atoms with Gasteiger partial charge in [0.25, 0.3) is 0 Å². The fraction of sp³-hybridized carbons (Fsp3) is 0.524. The highest BCUT2D eigenvalue weighted by Gasteiger charge is 2.54. The standard InChI is InChI=1S/C21H23ClN6O2S/c22-13-9-23-18(24-10-13)12-2-6-28(7-3-12)20-25-16-14-8-15(14)31(30)17(16)19(26-20)27-21(11-29)4-1-5-21/h2,9-10,14-15,29H,1,3-8,11H2,(H,25,26,27)/t14?,15?,31-/m0/s1. The summed E-state index contributed by atoms with van der Waals surface area (Å²) in [6.45, 7) is 1.46. The molecule has 4 heterocycles. The van der Waals surface area contributed by atoms with Crippen LogP contribution in [0.15, 0.2) is 23.4 Å². The molecule has 2 N–H and O–H groups in total. The number of aliphatic hydroxyl groups is 1. The summed E-state index contributed by atoms with van der Waals surface area (Å²) < 4.78 is 12.9. The van der Waals surface area contributed by atoms with Crippen LogP contribution in [-0.4, -0.2) is 59.7 Å². The molecule has 0 radical (unpaired) electrons. The van der Waals surface area contributed by atoms with Crippen molar-refractivity contribution in [1.82, 2.24) is 19.9 Å². The van der Waals surface area contributed by atoms with E-state index < -0.39 is 10.8 Å². The van der Waals surface area contributed by atoms with Crippen LogP contribution in [0.1, 0.15) is 49.5 Å². The molecule has 2 aromatic rings. The number of hydrogen-bond acceptors (Lipinski definition) is 8. The van der Waals surface area contributed by atoms with Gasteiger partial charge >= 0.3 is 0 Å². The summed E-state index contributed by atoms with van der Waals surface area (Å²) in [7, 11) is -1.07. The van der Waals surface area contributed by atoms with Gasteiger partial charge in [0.1, 0.15) is 10.7 Å². The zero-order chi connectivity index (χ0) is 21.2. The molecule has 2 aliphatic carbocycles. The fourth-order valence-corrected chi connectivity index (χ4v) is 6.59. The lowest BCUT2D eigenvalue weighted by molar-refractivity contribution is 0.143. The Morgan fingerprint density at radius 1 is 1.29 bits per heavy atom. The highest BCUT2D eigenvalue weighted by Crippen LogP contribution is 2.56. The number of nitrogens with one attached hydrogen (secondary N) is 1. The van der Waals surface area contributed by atoms with Crippen LogP contribution in [0, 0.1) is 0 Å². The fourth-order valence-electron chi connectivity index (χ4n) is 4.69. The predicted octanol–water partition coefficient (Wildman–Crippen LogP) is 2.52. The van der Waals surface area contributed by atoms with Crippen LogP contribution in [0.2, 0.25) is 5.02 Å². The minimum Gasteiger partial charge on any atom is -0.394 e. The number of rotatable bonds is 5. The maximum absolute atomic E-state index is 12.9. The van der Waals surface area contributed by atoms with Gasteiger partial charge in [-0.25, -0.2) is 15.0 Å². The molecule has 0 spiro atoms. The molecule has 2 unspecified atom stereocenters. The van der Waals surface area contributed by atoms with Crippen LogP contribution in [0.5, 0.6) is 0 Å². The SMILES string of the molecule is O=[S@@]1c2c(NC3(CO)CCC3)nc(N3CC=C(c4ncc(Cl)cn4)CC3)nc2C2CC21. The lowest BCUT2D eigenvalue weighted by Gasteiger charge is -2.41. The third-order valence-electron chi connectivity index (χ3n) is 6.84. The minimum atomic E-state index is -1.07. The first kappa shape index (κ1) is 19.6. The van der Waals surface area contributed by atoms with Crippen LogP contribution in [0.4, 0.5) is 11.8 Å². The van der Waals surface area contributed by atoms with Crippen molar-refractivity contribution in [2.45, 2.75) is 53.7 Å². The topological polar surface area (TPSA) is 104 Å². The average molecular weight is 459 g/mol. The molecular formula is C21H23ClN6O2S. The van der Waals surface area contributed by atoms with Gasteiger partial charge < -0.3 is 15.3 Å². The molecule has 0 bridgehead atoms. The summed E-state index contributed by atoms with van der Waals surface area (Å²) in [6, 6.07) is 0. The number of aromatic nitrogens is 4. The van der Waals surface area contributed by atoms with Crippen LogP contribution >= 0.6 is 11.6 Å². The van der Waals surface area contributed by atoms with E-state index in [9.17, 15) is 9.32 Å². The number of hydrogen-bond donors (Lipinski definition) is 2. The van der Waals surface area contributed by atoms with Crippen molar-refractivity contribution in [3.63, 3.8) is 0 Å². The lowest BCUT2D eigenvalue weighted by atomic mass is 9.77. The summed E-state index contributed by atoms with van der Waals surface area (Å²) in [6.07, 6.45) is 9.93. The number of aliphatic hydroxyl groups excluding tert-OH is 1. The number of fused-ring (bicyclic) bond motifs is 3. The monoisotopic (exact) mass is 458 g/mol. The largest absolute Gasteiger partial charge is 0.394 e. The van der Waals surface area contributed by atoms with Gasteiger partial charge in [0.15, 0.2) is 5.82 Å². The Labute approximate surface area is 187 Å². The van der Waals surface area contributed by atoms with Gasteiger partial charge in [-0.3, -0.25) is 4.21 Å². The highest BCUT2D eigenvalue weighted by atomic mass is 35.5.